The lowest BCUT2D eigenvalue weighted by Gasteiger charge is -2.13. The van der Waals surface area contributed by atoms with Gasteiger partial charge in [-0.25, -0.2) is 8.42 Å². The highest BCUT2D eigenvalue weighted by molar-refractivity contribution is 7.91. The van der Waals surface area contributed by atoms with Gasteiger partial charge in [0.25, 0.3) is 0 Å². The average Bonchev–Trinajstić information content (AvgIpc) is 3.01. The summed E-state index contributed by atoms with van der Waals surface area (Å²) in [5.41, 5.74) is 0.792. The predicted molar refractivity (Wildman–Crippen MR) is 84.1 cm³/mol. The fourth-order valence-corrected chi connectivity index (χ4v) is 4.74. The number of hydrogen-bond acceptors (Lipinski definition) is 4. The van der Waals surface area contributed by atoms with Gasteiger partial charge in [0.15, 0.2) is 9.84 Å². The maximum atomic E-state index is 12.1. The van der Waals surface area contributed by atoms with E-state index in [1.807, 2.05) is 37.3 Å². The van der Waals surface area contributed by atoms with Crippen LogP contribution in [0.5, 0.6) is 0 Å². The molecule has 1 saturated heterocycles. The summed E-state index contributed by atoms with van der Waals surface area (Å²) in [7, 11) is -2.94. The van der Waals surface area contributed by atoms with Crippen molar-refractivity contribution in [3.8, 4) is 0 Å². The van der Waals surface area contributed by atoms with Gasteiger partial charge in [0.2, 0.25) is 5.91 Å². The number of hydrogen-bond donors (Lipinski definition) is 1. The molecule has 3 rings (SSSR count). The maximum Gasteiger partial charge on any atom is 0.220 e. The number of benzene rings is 1. The Morgan fingerprint density at radius 2 is 2.18 bits per heavy atom. The van der Waals surface area contributed by atoms with E-state index in [0.717, 1.165) is 11.0 Å². The summed E-state index contributed by atoms with van der Waals surface area (Å²) in [5, 5.41) is 3.88. The fourth-order valence-electron chi connectivity index (χ4n) is 2.88. The van der Waals surface area contributed by atoms with Crippen molar-refractivity contribution >= 4 is 26.7 Å². The molecule has 0 spiro atoms. The van der Waals surface area contributed by atoms with Crippen LogP contribution < -0.4 is 5.32 Å². The first-order valence-electron chi connectivity index (χ1n) is 7.41. The highest BCUT2D eigenvalue weighted by atomic mass is 32.2. The van der Waals surface area contributed by atoms with Crippen LogP contribution in [0, 0.1) is 5.92 Å². The SMILES string of the molecule is C[C@@H](NC(=O)C[C@@H]1CCS(=O)(=O)C1)c1cc2ccccc2o1. The van der Waals surface area contributed by atoms with Gasteiger partial charge in [0.05, 0.1) is 17.5 Å². The molecule has 22 heavy (non-hydrogen) atoms. The molecule has 0 aliphatic carbocycles. The third-order valence-corrected chi connectivity index (χ3v) is 5.89. The standard InChI is InChI=1S/C16H19NO4S/c1-11(15-9-13-4-2-3-5-14(13)21-15)17-16(18)8-12-6-7-22(19,20)10-12/h2-5,9,11-12H,6-8,10H2,1H3,(H,17,18)/t11-,12+/m1/s1. The van der Waals surface area contributed by atoms with E-state index < -0.39 is 9.84 Å². The molecule has 1 amide bonds. The molecule has 2 aromatic rings. The number of nitrogens with one attached hydrogen (secondary N) is 1. The summed E-state index contributed by atoms with van der Waals surface area (Å²) in [6.45, 7) is 1.86. The van der Waals surface area contributed by atoms with Crippen LogP contribution in [-0.4, -0.2) is 25.8 Å². The number of carbonyl (C=O) groups is 1. The summed E-state index contributed by atoms with van der Waals surface area (Å²) in [4.78, 5) is 12.1. The molecule has 1 N–H and O–H groups in total. The maximum absolute atomic E-state index is 12.1. The minimum atomic E-state index is -2.94. The van der Waals surface area contributed by atoms with E-state index in [9.17, 15) is 13.2 Å². The predicted octanol–water partition coefficient (Wildman–Crippen LogP) is 2.43. The zero-order chi connectivity index (χ0) is 15.7. The minimum Gasteiger partial charge on any atom is -0.459 e. The van der Waals surface area contributed by atoms with Crippen LogP contribution in [0.3, 0.4) is 0 Å². The third kappa shape index (κ3) is 3.32. The Morgan fingerprint density at radius 1 is 1.41 bits per heavy atom. The van der Waals surface area contributed by atoms with Gasteiger partial charge in [-0.1, -0.05) is 18.2 Å². The van der Waals surface area contributed by atoms with Gasteiger partial charge in [0, 0.05) is 11.8 Å². The highest BCUT2D eigenvalue weighted by Crippen LogP contribution is 2.25. The van der Waals surface area contributed by atoms with Crippen LogP contribution in [0.1, 0.15) is 31.6 Å². The van der Waals surface area contributed by atoms with E-state index in [1.165, 1.54) is 0 Å². The molecule has 0 saturated carbocycles. The molecule has 5 nitrogen and oxygen atoms in total. The van der Waals surface area contributed by atoms with Gasteiger partial charge in [-0.2, -0.15) is 0 Å². The molecule has 2 atom stereocenters. The van der Waals surface area contributed by atoms with Crippen molar-refractivity contribution in [1.29, 1.82) is 0 Å². The monoisotopic (exact) mass is 321 g/mol. The smallest absolute Gasteiger partial charge is 0.220 e. The van der Waals surface area contributed by atoms with Crippen molar-refractivity contribution in [3.05, 3.63) is 36.1 Å². The molecular formula is C16H19NO4S. The first-order chi connectivity index (χ1) is 10.4. The van der Waals surface area contributed by atoms with Gasteiger partial charge < -0.3 is 9.73 Å². The topological polar surface area (TPSA) is 76.4 Å². The van der Waals surface area contributed by atoms with Crippen LogP contribution in [0.25, 0.3) is 11.0 Å². The number of rotatable bonds is 4. The number of para-hydroxylation sites is 1. The first-order valence-corrected chi connectivity index (χ1v) is 9.23. The van der Waals surface area contributed by atoms with Gasteiger partial charge in [-0.05, 0) is 31.4 Å². The Labute approximate surface area is 129 Å². The summed E-state index contributed by atoms with van der Waals surface area (Å²) in [5.74, 6) is 0.834. The van der Waals surface area contributed by atoms with Crippen LogP contribution in [0.4, 0.5) is 0 Å². The van der Waals surface area contributed by atoms with E-state index in [1.54, 1.807) is 0 Å². The summed E-state index contributed by atoms with van der Waals surface area (Å²) in [6.07, 6.45) is 0.832. The van der Waals surface area contributed by atoms with Gasteiger partial charge in [-0.3, -0.25) is 4.79 Å². The van der Waals surface area contributed by atoms with E-state index in [-0.39, 0.29) is 35.8 Å². The van der Waals surface area contributed by atoms with E-state index in [2.05, 4.69) is 5.32 Å². The second-order valence-corrected chi connectivity index (χ2v) is 8.18. The van der Waals surface area contributed by atoms with Gasteiger partial charge >= 0.3 is 0 Å². The van der Waals surface area contributed by atoms with Crippen LogP contribution in [0.15, 0.2) is 34.7 Å². The Hall–Kier alpha value is -1.82. The van der Waals surface area contributed by atoms with Crippen molar-refractivity contribution in [2.45, 2.75) is 25.8 Å². The van der Waals surface area contributed by atoms with Gasteiger partial charge in [-0.15, -0.1) is 0 Å². The molecule has 0 bridgehead atoms. The van der Waals surface area contributed by atoms with Crippen LogP contribution in [0.2, 0.25) is 0 Å². The van der Waals surface area contributed by atoms with E-state index >= 15 is 0 Å². The van der Waals surface area contributed by atoms with Crippen molar-refractivity contribution < 1.29 is 17.6 Å². The molecule has 1 aromatic heterocycles. The lowest BCUT2D eigenvalue weighted by molar-refractivity contribution is -0.122. The number of fused-ring (bicyclic) bond motifs is 1. The molecule has 1 aliphatic heterocycles. The second kappa shape index (κ2) is 5.76. The Balaban J connectivity index is 1.61. The molecule has 6 heteroatoms. The van der Waals surface area contributed by atoms with E-state index in [0.29, 0.717) is 12.2 Å². The number of carbonyl (C=O) groups excluding carboxylic acids is 1. The minimum absolute atomic E-state index is 0.0622. The van der Waals surface area contributed by atoms with Crippen LogP contribution >= 0.6 is 0 Å². The molecule has 0 radical (unpaired) electrons. The van der Waals surface area contributed by atoms with Crippen molar-refractivity contribution in [2.75, 3.05) is 11.5 Å². The number of amides is 1. The zero-order valence-corrected chi connectivity index (χ0v) is 13.2. The summed E-state index contributed by atoms with van der Waals surface area (Å²) in [6, 6.07) is 9.36. The van der Waals surface area contributed by atoms with E-state index in [4.69, 9.17) is 4.42 Å². The molecule has 1 fully saturated rings. The third-order valence-electron chi connectivity index (χ3n) is 4.05. The van der Waals surface area contributed by atoms with Crippen molar-refractivity contribution in [2.24, 2.45) is 5.92 Å². The summed E-state index contributed by atoms with van der Waals surface area (Å²) < 4.78 is 28.6. The normalized spacial score (nSPS) is 21.8. The number of sulfone groups is 1. The molecular weight excluding hydrogens is 302 g/mol. The largest absolute Gasteiger partial charge is 0.459 e. The highest BCUT2D eigenvalue weighted by Gasteiger charge is 2.29. The van der Waals surface area contributed by atoms with Crippen LogP contribution in [-0.2, 0) is 14.6 Å². The first kappa shape index (κ1) is 15.1. The number of furan rings is 1. The van der Waals surface area contributed by atoms with Crippen molar-refractivity contribution in [1.82, 2.24) is 5.32 Å². The average molecular weight is 321 g/mol. The zero-order valence-electron chi connectivity index (χ0n) is 12.4. The lowest BCUT2D eigenvalue weighted by atomic mass is 10.0. The summed E-state index contributed by atoms with van der Waals surface area (Å²) >= 11 is 0. The van der Waals surface area contributed by atoms with Crippen molar-refractivity contribution in [3.63, 3.8) is 0 Å². The molecule has 1 aliphatic rings. The Kier molecular flexibility index (Phi) is 3.95. The fraction of sp³-hybridized carbons (Fsp3) is 0.438. The second-order valence-electron chi connectivity index (χ2n) is 5.95. The molecule has 0 unspecified atom stereocenters. The Morgan fingerprint density at radius 3 is 2.86 bits per heavy atom. The Bertz CT molecular complexity index is 760. The molecule has 118 valence electrons. The molecule has 1 aromatic carbocycles. The lowest BCUT2D eigenvalue weighted by Crippen LogP contribution is -2.28. The molecule has 2 heterocycles. The van der Waals surface area contributed by atoms with Gasteiger partial charge in [0.1, 0.15) is 11.3 Å². The quantitative estimate of drug-likeness (QED) is 0.938.